The van der Waals surface area contributed by atoms with Gasteiger partial charge in [-0.15, -0.1) is 11.3 Å². The van der Waals surface area contributed by atoms with Crippen LogP contribution in [-0.2, 0) is 19.6 Å². The van der Waals surface area contributed by atoms with Gasteiger partial charge in [-0.05, 0) is 30.5 Å². The lowest BCUT2D eigenvalue weighted by atomic mass is 10.2. The van der Waals surface area contributed by atoms with E-state index in [2.05, 4.69) is 0 Å². The molecule has 2 fully saturated rings. The lowest BCUT2D eigenvalue weighted by Crippen LogP contribution is -2.53. The minimum atomic E-state index is -3.48. The Morgan fingerprint density at radius 2 is 1.68 bits per heavy atom. The van der Waals surface area contributed by atoms with Crippen LogP contribution in [0.3, 0.4) is 0 Å². The van der Waals surface area contributed by atoms with Crippen molar-refractivity contribution in [1.29, 1.82) is 0 Å². The number of imide groups is 1. The second-order valence-electron chi connectivity index (χ2n) is 6.99. The van der Waals surface area contributed by atoms with Gasteiger partial charge >= 0.3 is 0 Å². The normalized spacial score (nSPS) is 22.2. The highest BCUT2D eigenvalue weighted by Crippen LogP contribution is 2.28. The first-order chi connectivity index (χ1) is 13.4. The highest BCUT2D eigenvalue weighted by Gasteiger charge is 2.44. The summed E-state index contributed by atoms with van der Waals surface area (Å²) in [6, 6.07) is 10.1. The summed E-state index contributed by atoms with van der Waals surface area (Å²) in [5.41, 5.74) is 1.64. The quantitative estimate of drug-likeness (QED) is 0.705. The van der Waals surface area contributed by atoms with Crippen LogP contribution in [0.25, 0.3) is 0 Å². The minimum Gasteiger partial charge on any atom is -0.289 e. The Morgan fingerprint density at radius 1 is 1.00 bits per heavy atom. The molecule has 2 aliphatic rings. The van der Waals surface area contributed by atoms with Gasteiger partial charge in [-0.1, -0.05) is 23.8 Å². The van der Waals surface area contributed by atoms with Crippen LogP contribution in [-0.4, -0.2) is 61.7 Å². The molecule has 2 saturated heterocycles. The number of rotatable bonds is 4. The van der Waals surface area contributed by atoms with Gasteiger partial charge in [0.15, 0.2) is 0 Å². The molecule has 1 atom stereocenters. The van der Waals surface area contributed by atoms with Crippen LogP contribution >= 0.6 is 11.3 Å². The lowest BCUT2D eigenvalue weighted by Gasteiger charge is -2.36. The fourth-order valence-electron chi connectivity index (χ4n) is 3.66. The molecule has 0 aliphatic carbocycles. The Labute approximate surface area is 168 Å². The molecule has 2 aromatic rings. The summed E-state index contributed by atoms with van der Waals surface area (Å²) in [5.74, 6) is -0.448. The number of carbonyl (C=O) groups is 2. The van der Waals surface area contributed by atoms with Gasteiger partial charge in [0.25, 0.3) is 15.9 Å². The van der Waals surface area contributed by atoms with Gasteiger partial charge in [0.2, 0.25) is 5.91 Å². The van der Waals surface area contributed by atoms with Gasteiger partial charge in [-0.2, -0.15) is 4.31 Å². The predicted molar refractivity (Wildman–Crippen MR) is 107 cm³/mol. The average Bonchev–Trinajstić information content (AvgIpc) is 3.32. The van der Waals surface area contributed by atoms with Gasteiger partial charge in [-0.3, -0.25) is 14.5 Å². The number of nitrogens with zero attached hydrogens (tertiary/aromatic N) is 3. The molecule has 9 heteroatoms. The van der Waals surface area contributed by atoms with Crippen molar-refractivity contribution in [2.75, 3.05) is 31.1 Å². The smallest absolute Gasteiger partial charge is 0.252 e. The number of hydrogen-bond donors (Lipinski definition) is 0. The Hall–Kier alpha value is -2.07. The van der Waals surface area contributed by atoms with E-state index in [1.54, 1.807) is 29.6 Å². The molecule has 4 rings (SSSR count). The molecule has 0 radical (unpaired) electrons. The summed E-state index contributed by atoms with van der Waals surface area (Å²) in [4.78, 5) is 28.5. The number of sulfonamides is 1. The summed E-state index contributed by atoms with van der Waals surface area (Å²) in [6.07, 6.45) is 0.129. The maximum absolute atomic E-state index is 12.9. The summed E-state index contributed by atoms with van der Waals surface area (Å²) in [5, 5.41) is 1.74. The highest BCUT2D eigenvalue weighted by atomic mass is 32.2. The van der Waals surface area contributed by atoms with Crippen LogP contribution in [0, 0.1) is 6.92 Å². The number of hydrogen-bond acceptors (Lipinski definition) is 6. The zero-order chi connectivity index (χ0) is 19.9. The van der Waals surface area contributed by atoms with E-state index in [0.29, 0.717) is 36.1 Å². The molecule has 1 aromatic heterocycles. The Kier molecular flexibility index (Phi) is 5.09. The van der Waals surface area contributed by atoms with Crippen molar-refractivity contribution in [1.82, 2.24) is 9.21 Å². The third-order valence-corrected chi connectivity index (χ3v) is 8.49. The molecule has 28 heavy (non-hydrogen) atoms. The second kappa shape index (κ2) is 7.40. The second-order valence-corrected chi connectivity index (χ2v) is 10.1. The van der Waals surface area contributed by atoms with Gasteiger partial charge < -0.3 is 0 Å². The average molecular weight is 420 g/mol. The SMILES string of the molecule is Cc1ccc(N2C(=O)C[C@H](N3CCN(S(=O)(=O)c4cccs4)CC3)C2=O)cc1. The minimum absolute atomic E-state index is 0.129. The van der Waals surface area contributed by atoms with Crippen LogP contribution in [0.4, 0.5) is 5.69 Å². The standard InChI is InChI=1S/C19H21N3O4S2/c1-14-4-6-15(7-5-14)22-17(23)13-16(19(22)24)20-8-10-21(11-9-20)28(25,26)18-3-2-12-27-18/h2-7,12,16H,8-11,13H2,1H3/t16-/m0/s1. The van der Waals surface area contributed by atoms with Gasteiger partial charge in [0.1, 0.15) is 4.21 Å². The van der Waals surface area contributed by atoms with E-state index in [1.165, 1.54) is 20.5 Å². The van der Waals surface area contributed by atoms with Crippen LogP contribution < -0.4 is 4.90 Å². The molecule has 0 bridgehead atoms. The Morgan fingerprint density at radius 3 is 2.29 bits per heavy atom. The largest absolute Gasteiger partial charge is 0.289 e. The highest BCUT2D eigenvalue weighted by molar-refractivity contribution is 7.91. The zero-order valence-electron chi connectivity index (χ0n) is 15.4. The summed E-state index contributed by atoms with van der Waals surface area (Å²) < 4.78 is 27.1. The number of piperazine rings is 1. The number of benzene rings is 1. The summed E-state index contributed by atoms with van der Waals surface area (Å²) in [6.45, 7) is 3.42. The molecule has 0 saturated carbocycles. The third kappa shape index (κ3) is 3.39. The van der Waals surface area contributed by atoms with E-state index in [-0.39, 0.29) is 18.2 Å². The first kappa shape index (κ1) is 19.3. The molecular weight excluding hydrogens is 398 g/mol. The van der Waals surface area contributed by atoms with Gasteiger partial charge in [0.05, 0.1) is 18.2 Å². The topological polar surface area (TPSA) is 78.0 Å². The van der Waals surface area contributed by atoms with Gasteiger partial charge in [0, 0.05) is 26.2 Å². The fourth-order valence-corrected chi connectivity index (χ4v) is 6.23. The Balaban J connectivity index is 1.45. The number of amides is 2. The van der Waals surface area contributed by atoms with E-state index >= 15 is 0 Å². The first-order valence-corrected chi connectivity index (χ1v) is 11.4. The zero-order valence-corrected chi connectivity index (χ0v) is 17.1. The van der Waals surface area contributed by atoms with Crippen LogP contribution in [0.15, 0.2) is 46.0 Å². The van der Waals surface area contributed by atoms with E-state index in [4.69, 9.17) is 0 Å². The monoisotopic (exact) mass is 419 g/mol. The summed E-state index contributed by atoms with van der Waals surface area (Å²) in [7, 11) is -3.48. The van der Waals surface area contributed by atoms with Crippen molar-refractivity contribution in [3.8, 4) is 0 Å². The van der Waals surface area contributed by atoms with E-state index in [0.717, 1.165) is 5.56 Å². The molecule has 1 aromatic carbocycles. The number of thiophene rings is 1. The van der Waals surface area contributed by atoms with Gasteiger partial charge in [-0.25, -0.2) is 13.3 Å². The van der Waals surface area contributed by atoms with E-state index in [1.807, 2.05) is 24.0 Å². The number of carbonyl (C=O) groups excluding carboxylic acids is 2. The number of anilines is 1. The summed E-state index contributed by atoms with van der Waals surface area (Å²) >= 11 is 1.20. The first-order valence-electron chi connectivity index (χ1n) is 9.09. The van der Waals surface area contributed by atoms with Crippen molar-refractivity contribution in [2.24, 2.45) is 0 Å². The molecule has 2 aliphatic heterocycles. The molecular formula is C19H21N3O4S2. The predicted octanol–water partition coefficient (Wildman–Crippen LogP) is 1.69. The van der Waals surface area contributed by atoms with Crippen molar-refractivity contribution in [3.05, 3.63) is 47.3 Å². The van der Waals surface area contributed by atoms with Crippen molar-refractivity contribution in [3.63, 3.8) is 0 Å². The third-order valence-electron chi connectivity index (χ3n) is 5.22. The molecule has 7 nitrogen and oxygen atoms in total. The fraction of sp³-hybridized carbons (Fsp3) is 0.368. The van der Waals surface area contributed by atoms with E-state index < -0.39 is 16.1 Å². The maximum atomic E-state index is 12.9. The molecule has 0 spiro atoms. The Bertz CT molecular complexity index is 979. The van der Waals surface area contributed by atoms with Crippen molar-refractivity contribution in [2.45, 2.75) is 23.6 Å². The van der Waals surface area contributed by atoms with Crippen LogP contribution in [0.1, 0.15) is 12.0 Å². The van der Waals surface area contributed by atoms with Crippen molar-refractivity contribution < 1.29 is 18.0 Å². The van der Waals surface area contributed by atoms with Crippen LogP contribution in [0.5, 0.6) is 0 Å². The molecule has 0 N–H and O–H groups in total. The van der Waals surface area contributed by atoms with Crippen LogP contribution in [0.2, 0.25) is 0 Å². The molecule has 2 amide bonds. The lowest BCUT2D eigenvalue weighted by molar-refractivity contribution is -0.123. The molecule has 3 heterocycles. The molecule has 148 valence electrons. The maximum Gasteiger partial charge on any atom is 0.252 e. The molecule has 0 unspecified atom stereocenters. The number of aryl methyl sites for hydroxylation is 1. The van der Waals surface area contributed by atoms with E-state index in [9.17, 15) is 18.0 Å². The van der Waals surface area contributed by atoms with Crippen molar-refractivity contribution >= 4 is 38.9 Å².